The van der Waals surface area contributed by atoms with Gasteiger partial charge in [-0.05, 0) is 44.4 Å². The second-order valence-corrected chi connectivity index (χ2v) is 6.69. The van der Waals surface area contributed by atoms with Crippen LogP contribution in [-0.2, 0) is 0 Å². The van der Waals surface area contributed by atoms with Crippen LogP contribution in [0.2, 0.25) is 15.1 Å². The predicted octanol–water partition coefficient (Wildman–Crippen LogP) is 4.69. The lowest BCUT2D eigenvalue weighted by molar-refractivity contribution is 0.188. The third-order valence-corrected chi connectivity index (χ3v) is 4.99. The Bertz CT molecular complexity index is 455. The highest BCUT2D eigenvalue weighted by Crippen LogP contribution is 2.36. The van der Waals surface area contributed by atoms with Crippen molar-refractivity contribution in [2.75, 3.05) is 18.4 Å². The molecule has 0 bridgehead atoms. The zero-order valence-electron chi connectivity index (χ0n) is 10.6. The molecule has 1 aromatic rings. The van der Waals surface area contributed by atoms with Crippen LogP contribution < -0.4 is 5.32 Å². The van der Waals surface area contributed by atoms with Crippen LogP contribution in [0.15, 0.2) is 12.1 Å². The van der Waals surface area contributed by atoms with E-state index in [4.69, 9.17) is 34.8 Å². The Hall–Kier alpha value is -0.150. The summed E-state index contributed by atoms with van der Waals surface area (Å²) in [5.41, 5.74) is 0.823. The summed E-state index contributed by atoms with van der Waals surface area (Å²) < 4.78 is 0. The summed E-state index contributed by atoms with van der Waals surface area (Å²) in [6, 6.07) is 4.66. The van der Waals surface area contributed by atoms with Gasteiger partial charge in [-0.25, -0.2) is 0 Å². The van der Waals surface area contributed by atoms with Crippen LogP contribution in [0, 0.1) is 0 Å². The van der Waals surface area contributed by atoms with Crippen molar-refractivity contribution in [3.05, 3.63) is 27.2 Å². The number of halogens is 3. The molecule has 0 radical (unpaired) electrons. The van der Waals surface area contributed by atoms with Crippen LogP contribution in [0.25, 0.3) is 0 Å². The number of nitrogens with one attached hydrogen (secondary N) is 1. The van der Waals surface area contributed by atoms with E-state index in [9.17, 15) is 0 Å². The second-order valence-electron chi connectivity index (χ2n) is 5.44. The highest BCUT2D eigenvalue weighted by Gasteiger charge is 2.31. The van der Waals surface area contributed by atoms with Crippen molar-refractivity contribution >= 4 is 40.5 Å². The molecule has 0 aromatic heterocycles. The van der Waals surface area contributed by atoms with Gasteiger partial charge in [0.1, 0.15) is 0 Å². The molecule has 1 N–H and O–H groups in total. The molecule has 0 aliphatic carbocycles. The lowest BCUT2D eigenvalue weighted by Gasteiger charge is -2.35. The molecule has 2 heterocycles. The van der Waals surface area contributed by atoms with Crippen LogP contribution in [0.1, 0.15) is 25.7 Å². The Labute approximate surface area is 129 Å². The Kier molecular flexibility index (Phi) is 4.14. The normalized spacial score (nSPS) is 27.3. The minimum Gasteiger partial charge on any atom is -0.380 e. The maximum Gasteiger partial charge on any atom is 0.0722 e. The fourth-order valence-corrected chi connectivity index (χ4v) is 4.17. The van der Waals surface area contributed by atoms with E-state index >= 15 is 0 Å². The lowest BCUT2D eigenvalue weighted by atomic mass is 9.97. The Morgan fingerprint density at radius 3 is 2.53 bits per heavy atom. The first kappa shape index (κ1) is 13.8. The van der Waals surface area contributed by atoms with E-state index in [2.05, 4.69) is 10.2 Å². The van der Waals surface area contributed by atoms with Crippen LogP contribution in [0.3, 0.4) is 0 Å². The second kappa shape index (κ2) is 5.69. The van der Waals surface area contributed by atoms with Gasteiger partial charge in [0.05, 0.1) is 15.7 Å². The van der Waals surface area contributed by atoms with Gasteiger partial charge < -0.3 is 10.2 Å². The maximum absolute atomic E-state index is 6.22. The summed E-state index contributed by atoms with van der Waals surface area (Å²) in [5, 5.41) is 5.29. The fraction of sp³-hybridized carbons (Fsp3) is 0.571. The van der Waals surface area contributed by atoms with Gasteiger partial charge in [-0.1, -0.05) is 34.8 Å². The summed E-state index contributed by atoms with van der Waals surface area (Å²) >= 11 is 18.4. The molecule has 2 aliphatic rings. The molecule has 1 aromatic carbocycles. The van der Waals surface area contributed by atoms with Gasteiger partial charge in [0.15, 0.2) is 0 Å². The van der Waals surface area contributed by atoms with Crippen molar-refractivity contribution in [1.29, 1.82) is 0 Å². The third kappa shape index (κ3) is 2.97. The van der Waals surface area contributed by atoms with Crippen LogP contribution >= 0.6 is 34.8 Å². The van der Waals surface area contributed by atoms with Crippen LogP contribution in [0.5, 0.6) is 0 Å². The van der Waals surface area contributed by atoms with Gasteiger partial charge in [-0.15, -0.1) is 0 Å². The van der Waals surface area contributed by atoms with Gasteiger partial charge in [0, 0.05) is 23.7 Å². The molecule has 2 atom stereocenters. The zero-order valence-corrected chi connectivity index (χ0v) is 12.9. The van der Waals surface area contributed by atoms with E-state index in [1.54, 1.807) is 12.1 Å². The standard InChI is InChI=1S/C14H17Cl3N2/c15-9-6-12(16)14(13(17)7-9)18-10-3-5-19-4-1-2-11(19)8-10/h6-7,10-11,18H,1-5,8H2. The first-order valence-electron chi connectivity index (χ1n) is 6.78. The van der Waals surface area contributed by atoms with Crippen molar-refractivity contribution in [2.24, 2.45) is 0 Å². The van der Waals surface area contributed by atoms with Crippen LogP contribution in [0.4, 0.5) is 5.69 Å². The highest BCUT2D eigenvalue weighted by atomic mass is 35.5. The van der Waals surface area contributed by atoms with Gasteiger partial charge >= 0.3 is 0 Å². The molecule has 104 valence electrons. The SMILES string of the molecule is Clc1cc(Cl)c(NC2CCN3CCCC3C2)c(Cl)c1. The van der Waals surface area contributed by atoms with Crippen molar-refractivity contribution < 1.29 is 0 Å². The molecule has 5 heteroatoms. The molecular weight excluding hydrogens is 303 g/mol. The van der Waals surface area contributed by atoms with Crippen molar-refractivity contribution in [2.45, 2.75) is 37.8 Å². The minimum absolute atomic E-state index is 0.454. The molecule has 2 fully saturated rings. The van der Waals surface area contributed by atoms with Crippen LogP contribution in [-0.4, -0.2) is 30.1 Å². The van der Waals surface area contributed by atoms with Gasteiger partial charge in [0.2, 0.25) is 0 Å². The Morgan fingerprint density at radius 2 is 1.79 bits per heavy atom. The number of piperidine rings is 1. The van der Waals surface area contributed by atoms with Gasteiger partial charge in [-0.2, -0.15) is 0 Å². The molecule has 2 saturated heterocycles. The van der Waals surface area contributed by atoms with Crippen molar-refractivity contribution in [3.63, 3.8) is 0 Å². The number of benzene rings is 1. The summed E-state index contributed by atoms with van der Waals surface area (Å²) in [5.74, 6) is 0. The first-order valence-corrected chi connectivity index (χ1v) is 7.92. The van der Waals surface area contributed by atoms with E-state index in [1.807, 2.05) is 0 Å². The Morgan fingerprint density at radius 1 is 1.05 bits per heavy atom. The number of hydrogen-bond acceptors (Lipinski definition) is 2. The predicted molar refractivity (Wildman–Crippen MR) is 82.7 cm³/mol. The molecule has 2 unspecified atom stereocenters. The number of rotatable bonds is 2. The topological polar surface area (TPSA) is 15.3 Å². The van der Waals surface area contributed by atoms with E-state index in [0.717, 1.165) is 18.2 Å². The Balaban J connectivity index is 1.72. The maximum atomic E-state index is 6.22. The summed E-state index contributed by atoms with van der Waals surface area (Å²) in [6.07, 6.45) is 4.97. The summed E-state index contributed by atoms with van der Waals surface area (Å²) in [4.78, 5) is 2.60. The third-order valence-electron chi connectivity index (χ3n) is 4.18. The van der Waals surface area contributed by atoms with Gasteiger partial charge in [0.25, 0.3) is 0 Å². The van der Waals surface area contributed by atoms with E-state index in [1.165, 1.54) is 32.4 Å². The molecule has 0 saturated carbocycles. The first-order chi connectivity index (χ1) is 9.13. The molecule has 0 spiro atoms. The zero-order chi connectivity index (χ0) is 13.4. The number of anilines is 1. The van der Waals surface area contributed by atoms with Crippen molar-refractivity contribution in [3.8, 4) is 0 Å². The van der Waals surface area contributed by atoms with E-state index in [0.29, 0.717) is 21.1 Å². The average molecular weight is 320 g/mol. The quantitative estimate of drug-likeness (QED) is 0.851. The highest BCUT2D eigenvalue weighted by molar-refractivity contribution is 6.41. The largest absolute Gasteiger partial charge is 0.380 e. The summed E-state index contributed by atoms with van der Waals surface area (Å²) in [6.45, 7) is 2.44. The number of nitrogens with zero attached hydrogens (tertiary/aromatic N) is 1. The lowest BCUT2D eigenvalue weighted by Crippen LogP contribution is -2.42. The monoisotopic (exact) mass is 318 g/mol. The fourth-order valence-electron chi connectivity index (χ4n) is 3.24. The molecule has 2 nitrogen and oxygen atoms in total. The average Bonchev–Trinajstić information content (AvgIpc) is 2.81. The number of fused-ring (bicyclic) bond motifs is 1. The van der Waals surface area contributed by atoms with Gasteiger partial charge in [-0.3, -0.25) is 0 Å². The molecule has 0 amide bonds. The number of hydrogen-bond donors (Lipinski definition) is 1. The minimum atomic E-state index is 0.454. The summed E-state index contributed by atoms with van der Waals surface area (Å²) in [7, 11) is 0. The van der Waals surface area contributed by atoms with Crippen molar-refractivity contribution in [1.82, 2.24) is 4.90 Å². The van der Waals surface area contributed by atoms with E-state index in [-0.39, 0.29) is 0 Å². The molecule has 2 aliphatic heterocycles. The smallest absolute Gasteiger partial charge is 0.0722 e. The molecule has 19 heavy (non-hydrogen) atoms. The molecular formula is C14H17Cl3N2. The van der Waals surface area contributed by atoms with E-state index < -0.39 is 0 Å². The molecule has 3 rings (SSSR count).